The molecular weight excluding hydrogens is 605 g/mol. The van der Waals surface area contributed by atoms with E-state index in [-0.39, 0.29) is 0 Å². The molecule has 0 atom stereocenters. The van der Waals surface area contributed by atoms with Crippen LogP contribution in [0.5, 0.6) is 0 Å². The predicted octanol–water partition coefficient (Wildman–Crippen LogP) is 13.0. The molecule has 0 aliphatic heterocycles. The largest absolute Gasteiger partial charge is 0.308 e. The van der Waals surface area contributed by atoms with Gasteiger partial charge < -0.3 is 8.80 Å². The van der Waals surface area contributed by atoms with Crippen molar-refractivity contribution < 1.29 is 0 Å². The van der Waals surface area contributed by atoms with E-state index in [1.165, 1.54) is 121 Å². The molecule has 1 aliphatic rings. The van der Waals surface area contributed by atoms with E-state index in [1.807, 2.05) is 0 Å². The summed E-state index contributed by atoms with van der Waals surface area (Å²) in [6.07, 6.45) is 0. The summed E-state index contributed by atoms with van der Waals surface area (Å²) >= 11 is 0. The lowest BCUT2D eigenvalue weighted by Gasteiger charge is -2.23. The second-order valence-corrected chi connectivity index (χ2v) is 14.0. The number of hydrogen-bond donors (Lipinski definition) is 0. The van der Waals surface area contributed by atoms with Crippen molar-refractivity contribution >= 4 is 76.2 Å². The van der Waals surface area contributed by atoms with Crippen molar-refractivity contribution in [3.05, 3.63) is 158 Å². The van der Waals surface area contributed by atoms with Crippen LogP contribution in [0.15, 0.2) is 158 Å². The SMILES string of the molecule is c1ccc2c(c1)-c1ccccc1-c1ccc3c(c1-c1ccccc1-2)c1cc2c4cccc5c6ccccc6n(c54)c2c2c4ccccc4n3c12. The fourth-order valence-corrected chi connectivity index (χ4v) is 9.89. The molecule has 13 rings (SSSR count). The monoisotopic (exact) mass is 630 g/mol. The van der Waals surface area contributed by atoms with Crippen LogP contribution in [0.25, 0.3) is 121 Å². The molecule has 0 saturated carbocycles. The van der Waals surface area contributed by atoms with Gasteiger partial charge in [-0.2, -0.15) is 0 Å². The van der Waals surface area contributed by atoms with Gasteiger partial charge in [0.2, 0.25) is 0 Å². The minimum Gasteiger partial charge on any atom is -0.308 e. The molecule has 4 heterocycles. The summed E-state index contributed by atoms with van der Waals surface area (Å²) in [4.78, 5) is 0. The van der Waals surface area contributed by atoms with Crippen molar-refractivity contribution in [1.82, 2.24) is 8.80 Å². The van der Waals surface area contributed by atoms with Crippen LogP contribution in [0.2, 0.25) is 0 Å². The summed E-state index contributed by atoms with van der Waals surface area (Å²) < 4.78 is 5.12. The molecule has 0 bridgehead atoms. The Hall–Kier alpha value is -6.64. The Balaban J connectivity index is 1.33. The predicted molar refractivity (Wildman–Crippen MR) is 211 cm³/mol. The van der Waals surface area contributed by atoms with E-state index in [0.29, 0.717) is 0 Å². The minimum absolute atomic E-state index is 1.25. The molecule has 1 aliphatic carbocycles. The lowest BCUT2D eigenvalue weighted by atomic mass is 9.79. The molecule has 4 aromatic heterocycles. The lowest BCUT2D eigenvalue weighted by Crippen LogP contribution is -1.97. The molecule has 0 saturated heterocycles. The van der Waals surface area contributed by atoms with Gasteiger partial charge in [-0.05, 0) is 63.2 Å². The van der Waals surface area contributed by atoms with Crippen LogP contribution in [0, 0.1) is 0 Å². The zero-order valence-electron chi connectivity index (χ0n) is 26.9. The van der Waals surface area contributed by atoms with E-state index in [1.54, 1.807) is 0 Å². The number of para-hydroxylation sites is 3. The fraction of sp³-hybridized carbons (Fsp3) is 0. The lowest BCUT2D eigenvalue weighted by molar-refractivity contribution is 1.36. The van der Waals surface area contributed by atoms with Gasteiger partial charge in [-0.15, -0.1) is 0 Å². The van der Waals surface area contributed by atoms with Crippen LogP contribution in [0.1, 0.15) is 0 Å². The average molecular weight is 631 g/mol. The maximum atomic E-state index is 2.56. The Morgan fingerprint density at radius 3 is 1.46 bits per heavy atom. The standard InChI is InChI=1S/C48H26N2/c1-2-13-28-27(12-1)29-14-3-4-16-31(29)34-24-25-42-44(43(34)33-18-6-5-15-30(28)33)39-26-38-36-21-11-20-35-32-17-7-9-22-40(32)50(46(35)36)47(38)45-37-19-8-10-23-41(37)49(42)48(39)45/h1-26H. The number of fused-ring (bicyclic) bond motifs is 22. The first-order valence-corrected chi connectivity index (χ1v) is 17.5. The summed E-state index contributed by atoms with van der Waals surface area (Å²) in [7, 11) is 0. The van der Waals surface area contributed by atoms with Crippen LogP contribution in [0.4, 0.5) is 0 Å². The molecule has 0 amide bonds. The molecule has 2 nitrogen and oxygen atoms in total. The number of benzene rings is 8. The minimum atomic E-state index is 1.25. The Kier molecular flexibility index (Phi) is 4.41. The van der Waals surface area contributed by atoms with E-state index in [4.69, 9.17) is 0 Å². The average Bonchev–Trinajstić information content (AvgIpc) is 3.90. The highest BCUT2D eigenvalue weighted by Crippen LogP contribution is 2.54. The molecule has 50 heavy (non-hydrogen) atoms. The highest BCUT2D eigenvalue weighted by molar-refractivity contribution is 6.38. The second kappa shape index (κ2) is 8.68. The molecule has 0 unspecified atom stereocenters. The first-order valence-electron chi connectivity index (χ1n) is 17.5. The van der Waals surface area contributed by atoms with Crippen molar-refractivity contribution in [2.24, 2.45) is 0 Å². The van der Waals surface area contributed by atoms with Crippen LogP contribution in [-0.4, -0.2) is 8.80 Å². The molecule has 0 fully saturated rings. The van der Waals surface area contributed by atoms with Gasteiger partial charge >= 0.3 is 0 Å². The maximum absolute atomic E-state index is 2.56. The van der Waals surface area contributed by atoms with Crippen molar-refractivity contribution in [2.45, 2.75) is 0 Å². The van der Waals surface area contributed by atoms with Gasteiger partial charge in [0.05, 0.1) is 33.1 Å². The first kappa shape index (κ1) is 25.4. The first-order chi connectivity index (χ1) is 24.9. The molecular formula is C48H26N2. The van der Waals surface area contributed by atoms with E-state index in [0.717, 1.165) is 0 Å². The van der Waals surface area contributed by atoms with Gasteiger partial charge in [0, 0.05) is 48.7 Å². The Labute approximate surface area is 286 Å². The third-order valence-electron chi connectivity index (χ3n) is 11.7. The molecule has 2 heteroatoms. The number of nitrogens with zero attached hydrogens (tertiary/aromatic N) is 2. The highest BCUT2D eigenvalue weighted by atomic mass is 14.9. The van der Waals surface area contributed by atoms with Gasteiger partial charge in [0.25, 0.3) is 0 Å². The topological polar surface area (TPSA) is 8.82 Å². The zero-order chi connectivity index (χ0) is 32.2. The van der Waals surface area contributed by atoms with Crippen LogP contribution < -0.4 is 0 Å². The maximum Gasteiger partial charge on any atom is 0.0642 e. The highest BCUT2D eigenvalue weighted by Gasteiger charge is 2.29. The van der Waals surface area contributed by atoms with Crippen molar-refractivity contribution in [1.29, 1.82) is 0 Å². The number of rotatable bonds is 0. The van der Waals surface area contributed by atoms with Gasteiger partial charge in [-0.25, -0.2) is 0 Å². The third-order valence-corrected chi connectivity index (χ3v) is 11.7. The van der Waals surface area contributed by atoms with E-state index in [9.17, 15) is 0 Å². The molecule has 228 valence electrons. The Morgan fingerprint density at radius 1 is 0.260 bits per heavy atom. The van der Waals surface area contributed by atoms with E-state index >= 15 is 0 Å². The second-order valence-electron chi connectivity index (χ2n) is 14.0. The molecule has 12 aromatic rings. The van der Waals surface area contributed by atoms with Gasteiger partial charge in [0.15, 0.2) is 0 Å². The molecule has 8 aromatic carbocycles. The third kappa shape index (κ3) is 2.79. The molecule has 0 spiro atoms. The number of aromatic nitrogens is 2. The summed E-state index contributed by atoms with van der Waals surface area (Å²) in [5, 5.41) is 10.5. The summed E-state index contributed by atoms with van der Waals surface area (Å²) in [6, 6.07) is 59.0. The summed E-state index contributed by atoms with van der Waals surface area (Å²) in [5.74, 6) is 0. The van der Waals surface area contributed by atoms with Gasteiger partial charge in [-0.3, -0.25) is 0 Å². The molecule has 0 N–H and O–H groups in total. The quantitative estimate of drug-likeness (QED) is 0.158. The normalized spacial score (nSPS) is 12.8. The number of hydrogen-bond acceptors (Lipinski definition) is 0. The summed E-state index contributed by atoms with van der Waals surface area (Å²) in [6.45, 7) is 0. The van der Waals surface area contributed by atoms with E-state index in [2.05, 4.69) is 167 Å². The fourth-order valence-electron chi connectivity index (χ4n) is 9.89. The van der Waals surface area contributed by atoms with Crippen molar-refractivity contribution in [2.75, 3.05) is 0 Å². The Morgan fingerprint density at radius 2 is 0.760 bits per heavy atom. The molecule has 0 radical (unpaired) electrons. The summed E-state index contributed by atoms with van der Waals surface area (Å²) in [5.41, 5.74) is 18.0. The Bertz CT molecular complexity index is 3420. The van der Waals surface area contributed by atoms with Crippen LogP contribution in [0.3, 0.4) is 0 Å². The van der Waals surface area contributed by atoms with Crippen LogP contribution >= 0.6 is 0 Å². The van der Waals surface area contributed by atoms with Crippen molar-refractivity contribution in [3.8, 4) is 44.5 Å². The smallest absolute Gasteiger partial charge is 0.0642 e. The zero-order valence-corrected chi connectivity index (χ0v) is 26.9. The van der Waals surface area contributed by atoms with Crippen LogP contribution in [-0.2, 0) is 0 Å². The van der Waals surface area contributed by atoms with E-state index < -0.39 is 0 Å². The van der Waals surface area contributed by atoms with Gasteiger partial charge in [-0.1, -0.05) is 133 Å². The van der Waals surface area contributed by atoms with Crippen molar-refractivity contribution in [3.63, 3.8) is 0 Å². The van der Waals surface area contributed by atoms with Gasteiger partial charge in [0.1, 0.15) is 0 Å².